The van der Waals surface area contributed by atoms with Gasteiger partial charge in [-0.2, -0.15) is 0 Å². The standard InChI is InChI=1S/C12H13BrN2O2/c1-7-15-12(11(6-14)17-7)8-3-4-10(16-2)9(13)5-8/h3-5H,6,14H2,1-2H3. The number of hydrogen-bond acceptors (Lipinski definition) is 4. The van der Waals surface area contributed by atoms with Crippen LogP contribution in [0.4, 0.5) is 0 Å². The number of aromatic nitrogens is 1. The molecule has 0 bridgehead atoms. The number of nitrogens with two attached hydrogens (primary N) is 1. The minimum atomic E-state index is 0.333. The number of nitrogens with zero attached hydrogens (tertiary/aromatic N) is 1. The van der Waals surface area contributed by atoms with E-state index in [0.29, 0.717) is 18.2 Å². The molecular weight excluding hydrogens is 284 g/mol. The molecule has 1 aromatic carbocycles. The van der Waals surface area contributed by atoms with Crippen molar-refractivity contribution in [3.63, 3.8) is 0 Å². The van der Waals surface area contributed by atoms with Crippen LogP contribution in [0, 0.1) is 6.92 Å². The second kappa shape index (κ2) is 4.89. The van der Waals surface area contributed by atoms with Gasteiger partial charge in [0, 0.05) is 12.5 Å². The fraction of sp³-hybridized carbons (Fsp3) is 0.250. The molecule has 0 saturated carbocycles. The summed E-state index contributed by atoms with van der Waals surface area (Å²) < 4.78 is 11.5. The number of ether oxygens (including phenoxy) is 1. The number of hydrogen-bond donors (Lipinski definition) is 1. The van der Waals surface area contributed by atoms with E-state index in [1.54, 1.807) is 14.0 Å². The quantitative estimate of drug-likeness (QED) is 0.946. The van der Waals surface area contributed by atoms with Crippen LogP contribution in [0.3, 0.4) is 0 Å². The molecule has 17 heavy (non-hydrogen) atoms. The van der Waals surface area contributed by atoms with Crippen molar-refractivity contribution >= 4 is 15.9 Å². The van der Waals surface area contributed by atoms with Gasteiger partial charge in [0.05, 0.1) is 18.1 Å². The fourth-order valence-electron chi connectivity index (χ4n) is 1.65. The highest BCUT2D eigenvalue weighted by Crippen LogP contribution is 2.31. The van der Waals surface area contributed by atoms with Crippen LogP contribution in [0.2, 0.25) is 0 Å². The third kappa shape index (κ3) is 2.35. The molecule has 0 unspecified atom stereocenters. The molecule has 0 spiro atoms. The molecule has 4 nitrogen and oxygen atoms in total. The Labute approximate surface area is 108 Å². The van der Waals surface area contributed by atoms with Crippen LogP contribution in [0.5, 0.6) is 5.75 Å². The molecule has 0 amide bonds. The average molecular weight is 297 g/mol. The van der Waals surface area contributed by atoms with Gasteiger partial charge in [0.2, 0.25) is 0 Å². The van der Waals surface area contributed by atoms with Gasteiger partial charge in [0.25, 0.3) is 0 Å². The van der Waals surface area contributed by atoms with Crippen LogP contribution in [-0.2, 0) is 6.54 Å². The number of oxazole rings is 1. The SMILES string of the molecule is COc1ccc(-c2nc(C)oc2CN)cc1Br. The first-order chi connectivity index (χ1) is 8.15. The summed E-state index contributed by atoms with van der Waals surface area (Å²) in [5.41, 5.74) is 7.36. The molecule has 0 atom stereocenters. The topological polar surface area (TPSA) is 61.3 Å². The van der Waals surface area contributed by atoms with Gasteiger partial charge in [0.15, 0.2) is 5.89 Å². The molecular formula is C12H13BrN2O2. The predicted molar refractivity (Wildman–Crippen MR) is 68.8 cm³/mol. The van der Waals surface area contributed by atoms with Crippen LogP contribution in [0.25, 0.3) is 11.3 Å². The third-order valence-corrected chi connectivity index (χ3v) is 3.03. The van der Waals surface area contributed by atoms with Gasteiger partial charge >= 0.3 is 0 Å². The molecule has 1 heterocycles. The van der Waals surface area contributed by atoms with Crippen LogP contribution in [0.1, 0.15) is 11.7 Å². The number of rotatable bonds is 3. The zero-order valence-electron chi connectivity index (χ0n) is 9.66. The first kappa shape index (κ1) is 12.1. The second-order valence-corrected chi connectivity index (χ2v) is 4.41. The molecule has 0 saturated heterocycles. The lowest BCUT2D eigenvalue weighted by Crippen LogP contribution is -1.96. The van der Waals surface area contributed by atoms with Gasteiger partial charge in [-0.15, -0.1) is 0 Å². The molecule has 0 fully saturated rings. The molecule has 0 aliphatic rings. The smallest absolute Gasteiger partial charge is 0.191 e. The highest BCUT2D eigenvalue weighted by Gasteiger charge is 2.13. The zero-order chi connectivity index (χ0) is 12.4. The molecule has 0 radical (unpaired) electrons. The minimum Gasteiger partial charge on any atom is -0.496 e. The summed E-state index contributed by atoms with van der Waals surface area (Å²) >= 11 is 3.44. The molecule has 1 aromatic heterocycles. The van der Waals surface area contributed by atoms with Crippen molar-refractivity contribution in [2.24, 2.45) is 5.73 Å². The Morgan fingerprint density at radius 2 is 2.24 bits per heavy atom. The summed E-state index contributed by atoms with van der Waals surface area (Å²) in [6, 6.07) is 5.75. The Morgan fingerprint density at radius 3 is 2.82 bits per heavy atom. The van der Waals surface area contributed by atoms with Crippen LogP contribution in [0.15, 0.2) is 27.1 Å². The van der Waals surface area contributed by atoms with E-state index in [2.05, 4.69) is 20.9 Å². The molecule has 2 N–H and O–H groups in total. The van der Waals surface area contributed by atoms with Crippen molar-refractivity contribution in [1.82, 2.24) is 4.98 Å². The largest absolute Gasteiger partial charge is 0.496 e. The highest BCUT2D eigenvalue weighted by atomic mass is 79.9. The van der Waals surface area contributed by atoms with Gasteiger partial charge in [-0.25, -0.2) is 4.98 Å². The van der Waals surface area contributed by atoms with Crippen LogP contribution < -0.4 is 10.5 Å². The average Bonchev–Trinajstić information content (AvgIpc) is 2.70. The van der Waals surface area contributed by atoms with Crippen molar-refractivity contribution in [2.75, 3.05) is 7.11 Å². The Balaban J connectivity index is 2.49. The normalized spacial score (nSPS) is 10.6. The lowest BCUT2D eigenvalue weighted by Gasteiger charge is -2.05. The van der Waals surface area contributed by atoms with E-state index in [1.165, 1.54) is 0 Å². The van der Waals surface area contributed by atoms with E-state index in [4.69, 9.17) is 14.9 Å². The Hall–Kier alpha value is -1.33. The molecule has 2 rings (SSSR count). The second-order valence-electron chi connectivity index (χ2n) is 3.56. The lowest BCUT2D eigenvalue weighted by atomic mass is 10.1. The Kier molecular flexibility index (Phi) is 3.49. The molecule has 90 valence electrons. The number of aryl methyl sites for hydroxylation is 1. The van der Waals surface area contributed by atoms with Gasteiger partial charge in [-0.3, -0.25) is 0 Å². The number of halogens is 1. The minimum absolute atomic E-state index is 0.333. The molecule has 2 aromatic rings. The van der Waals surface area contributed by atoms with Gasteiger partial charge in [-0.1, -0.05) is 0 Å². The van der Waals surface area contributed by atoms with Crippen molar-refractivity contribution in [3.05, 3.63) is 34.3 Å². The summed E-state index contributed by atoms with van der Waals surface area (Å²) in [7, 11) is 1.63. The van der Waals surface area contributed by atoms with Crippen molar-refractivity contribution in [2.45, 2.75) is 13.5 Å². The first-order valence-electron chi connectivity index (χ1n) is 5.16. The van der Waals surface area contributed by atoms with E-state index in [1.807, 2.05) is 18.2 Å². The van der Waals surface area contributed by atoms with Crippen molar-refractivity contribution < 1.29 is 9.15 Å². The summed E-state index contributed by atoms with van der Waals surface area (Å²) in [4.78, 5) is 4.34. The van der Waals surface area contributed by atoms with E-state index >= 15 is 0 Å². The van der Waals surface area contributed by atoms with E-state index in [-0.39, 0.29) is 0 Å². The molecule has 0 aliphatic heterocycles. The molecule has 0 aliphatic carbocycles. The van der Waals surface area contributed by atoms with Crippen LogP contribution in [-0.4, -0.2) is 12.1 Å². The Bertz CT molecular complexity index is 537. The maximum Gasteiger partial charge on any atom is 0.191 e. The summed E-state index contributed by atoms with van der Waals surface area (Å²) in [6.45, 7) is 2.14. The summed E-state index contributed by atoms with van der Waals surface area (Å²) in [5, 5.41) is 0. The lowest BCUT2D eigenvalue weighted by molar-refractivity contribution is 0.412. The van der Waals surface area contributed by atoms with Gasteiger partial charge in [-0.05, 0) is 34.1 Å². The Morgan fingerprint density at radius 1 is 1.47 bits per heavy atom. The van der Waals surface area contributed by atoms with E-state index < -0.39 is 0 Å². The van der Waals surface area contributed by atoms with Gasteiger partial charge < -0.3 is 14.9 Å². The first-order valence-corrected chi connectivity index (χ1v) is 5.95. The summed E-state index contributed by atoms with van der Waals surface area (Å²) in [6.07, 6.45) is 0. The predicted octanol–water partition coefficient (Wildman–Crippen LogP) is 2.88. The maximum atomic E-state index is 5.63. The fourth-order valence-corrected chi connectivity index (χ4v) is 2.19. The third-order valence-electron chi connectivity index (χ3n) is 2.41. The van der Waals surface area contributed by atoms with Crippen molar-refractivity contribution in [1.29, 1.82) is 0 Å². The highest BCUT2D eigenvalue weighted by molar-refractivity contribution is 9.10. The monoisotopic (exact) mass is 296 g/mol. The molecule has 5 heteroatoms. The maximum absolute atomic E-state index is 5.63. The van der Waals surface area contributed by atoms with Crippen molar-refractivity contribution in [3.8, 4) is 17.0 Å². The van der Waals surface area contributed by atoms with E-state index in [0.717, 1.165) is 21.5 Å². The van der Waals surface area contributed by atoms with Crippen LogP contribution >= 0.6 is 15.9 Å². The van der Waals surface area contributed by atoms with E-state index in [9.17, 15) is 0 Å². The zero-order valence-corrected chi connectivity index (χ0v) is 11.2. The van der Waals surface area contributed by atoms with Gasteiger partial charge in [0.1, 0.15) is 17.2 Å². The summed E-state index contributed by atoms with van der Waals surface area (Å²) in [5.74, 6) is 2.09. The number of methoxy groups -OCH3 is 1. The number of benzene rings is 1.